The quantitative estimate of drug-likeness (QED) is 0.691. The van der Waals surface area contributed by atoms with E-state index in [0.29, 0.717) is 11.1 Å². The SMILES string of the molecule is O=C1NC(=O)c2cc(C=CCO)ccc21. The van der Waals surface area contributed by atoms with E-state index in [-0.39, 0.29) is 18.4 Å². The molecule has 1 aromatic carbocycles. The van der Waals surface area contributed by atoms with Crippen LogP contribution < -0.4 is 5.32 Å². The Bertz CT molecular complexity index is 463. The molecule has 4 nitrogen and oxygen atoms in total. The van der Waals surface area contributed by atoms with E-state index in [0.717, 1.165) is 5.56 Å². The highest BCUT2D eigenvalue weighted by Crippen LogP contribution is 2.17. The molecule has 0 atom stereocenters. The first-order valence-electron chi connectivity index (χ1n) is 4.49. The standard InChI is InChI=1S/C11H9NO3/c13-5-1-2-7-3-4-8-9(6-7)11(15)12-10(8)14/h1-4,6,13H,5H2,(H,12,14,15). The summed E-state index contributed by atoms with van der Waals surface area (Å²) in [4.78, 5) is 22.5. The predicted molar refractivity (Wildman–Crippen MR) is 54.4 cm³/mol. The molecule has 2 rings (SSSR count). The van der Waals surface area contributed by atoms with E-state index < -0.39 is 0 Å². The van der Waals surface area contributed by atoms with Crippen LogP contribution in [-0.4, -0.2) is 23.5 Å². The number of aliphatic hydroxyl groups is 1. The molecule has 0 aromatic heterocycles. The summed E-state index contributed by atoms with van der Waals surface area (Å²) in [6, 6.07) is 4.96. The number of nitrogens with one attached hydrogen (secondary N) is 1. The third-order valence-electron chi connectivity index (χ3n) is 2.18. The molecule has 1 aromatic rings. The van der Waals surface area contributed by atoms with Gasteiger partial charge in [-0.15, -0.1) is 0 Å². The fraction of sp³-hybridized carbons (Fsp3) is 0.0909. The lowest BCUT2D eigenvalue weighted by atomic mass is 10.1. The van der Waals surface area contributed by atoms with Gasteiger partial charge in [0.2, 0.25) is 0 Å². The highest BCUT2D eigenvalue weighted by atomic mass is 16.2. The van der Waals surface area contributed by atoms with E-state index in [1.165, 1.54) is 0 Å². The Morgan fingerprint density at radius 3 is 2.67 bits per heavy atom. The van der Waals surface area contributed by atoms with Crippen molar-refractivity contribution in [3.63, 3.8) is 0 Å². The number of rotatable bonds is 2. The number of fused-ring (bicyclic) bond motifs is 1. The zero-order valence-corrected chi connectivity index (χ0v) is 7.86. The molecule has 4 heteroatoms. The Morgan fingerprint density at radius 1 is 1.20 bits per heavy atom. The molecule has 1 aliphatic rings. The second-order valence-corrected chi connectivity index (χ2v) is 3.17. The molecule has 0 bridgehead atoms. The van der Waals surface area contributed by atoms with E-state index >= 15 is 0 Å². The molecule has 0 saturated carbocycles. The first-order valence-corrected chi connectivity index (χ1v) is 4.49. The molecule has 1 aliphatic heterocycles. The summed E-state index contributed by atoms with van der Waals surface area (Å²) in [5, 5.41) is 10.8. The van der Waals surface area contributed by atoms with Crippen molar-refractivity contribution in [1.29, 1.82) is 0 Å². The van der Waals surface area contributed by atoms with Gasteiger partial charge < -0.3 is 5.11 Å². The van der Waals surface area contributed by atoms with Crippen LogP contribution in [-0.2, 0) is 0 Å². The fourth-order valence-electron chi connectivity index (χ4n) is 1.48. The largest absolute Gasteiger partial charge is 0.392 e. The molecule has 0 unspecified atom stereocenters. The van der Waals surface area contributed by atoms with Crippen molar-refractivity contribution in [2.24, 2.45) is 0 Å². The molecule has 15 heavy (non-hydrogen) atoms. The molecule has 2 amide bonds. The molecule has 1 heterocycles. The molecule has 0 radical (unpaired) electrons. The number of hydrogen-bond donors (Lipinski definition) is 2. The van der Waals surface area contributed by atoms with Crippen molar-refractivity contribution in [3.8, 4) is 0 Å². The fourth-order valence-corrected chi connectivity index (χ4v) is 1.48. The second kappa shape index (κ2) is 3.67. The van der Waals surface area contributed by atoms with Gasteiger partial charge in [0, 0.05) is 0 Å². The average Bonchev–Trinajstić information content (AvgIpc) is 2.52. The highest BCUT2D eigenvalue weighted by Gasteiger charge is 2.26. The van der Waals surface area contributed by atoms with Gasteiger partial charge >= 0.3 is 0 Å². The van der Waals surface area contributed by atoms with Crippen LogP contribution in [0, 0.1) is 0 Å². The molecular weight excluding hydrogens is 194 g/mol. The molecule has 0 fully saturated rings. The number of hydrogen-bond acceptors (Lipinski definition) is 3. The number of imide groups is 1. The minimum atomic E-state index is -0.366. The van der Waals surface area contributed by atoms with Crippen LogP contribution in [0.3, 0.4) is 0 Å². The van der Waals surface area contributed by atoms with Gasteiger partial charge in [-0.2, -0.15) is 0 Å². The van der Waals surface area contributed by atoms with Crippen molar-refractivity contribution in [2.75, 3.05) is 6.61 Å². The normalized spacial score (nSPS) is 14.5. The third-order valence-corrected chi connectivity index (χ3v) is 2.18. The minimum Gasteiger partial charge on any atom is -0.392 e. The van der Waals surface area contributed by atoms with Gasteiger partial charge in [0.1, 0.15) is 0 Å². The van der Waals surface area contributed by atoms with Crippen LogP contribution in [0.4, 0.5) is 0 Å². The number of carbonyl (C=O) groups excluding carboxylic acids is 2. The second-order valence-electron chi connectivity index (χ2n) is 3.17. The Morgan fingerprint density at radius 2 is 1.93 bits per heavy atom. The lowest BCUT2D eigenvalue weighted by Crippen LogP contribution is -2.19. The van der Waals surface area contributed by atoms with E-state index in [4.69, 9.17) is 5.11 Å². The summed E-state index contributed by atoms with van der Waals surface area (Å²) in [5.74, 6) is -0.720. The summed E-state index contributed by atoms with van der Waals surface area (Å²) in [7, 11) is 0. The molecule has 0 spiro atoms. The van der Waals surface area contributed by atoms with E-state index in [1.807, 2.05) is 0 Å². The number of benzene rings is 1. The predicted octanol–water partition coefficient (Wildman–Crippen LogP) is 0.576. The zero-order valence-electron chi connectivity index (χ0n) is 7.86. The van der Waals surface area contributed by atoms with Gasteiger partial charge in [-0.3, -0.25) is 14.9 Å². The smallest absolute Gasteiger partial charge is 0.258 e. The van der Waals surface area contributed by atoms with Gasteiger partial charge in [-0.05, 0) is 17.7 Å². The van der Waals surface area contributed by atoms with E-state index in [1.54, 1.807) is 30.4 Å². The summed E-state index contributed by atoms with van der Waals surface area (Å²) >= 11 is 0. The Balaban J connectivity index is 2.43. The average molecular weight is 203 g/mol. The van der Waals surface area contributed by atoms with Crippen molar-refractivity contribution >= 4 is 17.9 Å². The van der Waals surface area contributed by atoms with Crippen molar-refractivity contribution in [3.05, 3.63) is 41.0 Å². The maximum Gasteiger partial charge on any atom is 0.258 e. The van der Waals surface area contributed by atoms with Crippen molar-refractivity contribution in [2.45, 2.75) is 0 Å². The molecule has 2 N–H and O–H groups in total. The molecule has 0 saturated heterocycles. The summed E-state index contributed by atoms with van der Waals surface area (Å²) in [5.41, 5.74) is 1.58. The lowest BCUT2D eigenvalue weighted by Gasteiger charge is -1.96. The summed E-state index contributed by atoms with van der Waals surface area (Å²) in [6.07, 6.45) is 3.26. The zero-order chi connectivity index (χ0) is 10.8. The first kappa shape index (κ1) is 9.61. The Labute approximate surface area is 86.2 Å². The summed E-state index contributed by atoms with van der Waals surface area (Å²) < 4.78 is 0. The highest BCUT2D eigenvalue weighted by molar-refractivity contribution is 6.21. The number of amides is 2. The van der Waals surface area contributed by atoms with Crippen molar-refractivity contribution in [1.82, 2.24) is 5.32 Å². The maximum absolute atomic E-state index is 11.3. The van der Waals surface area contributed by atoms with Gasteiger partial charge in [-0.25, -0.2) is 0 Å². The molecule has 76 valence electrons. The van der Waals surface area contributed by atoms with Crippen LogP contribution in [0.1, 0.15) is 26.3 Å². The van der Waals surface area contributed by atoms with E-state index in [9.17, 15) is 9.59 Å². The van der Waals surface area contributed by atoms with Crippen LogP contribution in [0.5, 0.6) is 0 Å². The van der Waals surface area contributed by atoms with Crippen LogP contribution >= 0.6 is 0 Å². The lowest BCUT2D eigenvalue weighted by molar-refractivity contribution is 0.0879. The first-order chi connectivity index (χ1) is 7.22. The van der Waals surface area contributed by atoms with Gasteiger partial charge in [0.05, 0.1) is 17.7 Å². The molecule has 0 aliphatic carbocycles. The maximum atomic E-state index is 11.3. The van der Waals surface area contributed by atoms with Crippen LogP contribution in [0.2, 0.25) is 0 Å². The summed E-state index contributed by atoms with van der Waals surface area (Å²) in [6.45, 7) is -0.0534. The monoisotopic (exact) mass is 203 g/mol. The van der Waals surface area contributed by atoms with Gasteiger partial charge in [0.15, 0.2) is 0 Å². The van der Waals surface area contributed by atoms with E-state index in [2.05, 4.69) is 5.32 Å². The Kier molecular flexibility index (Phi) is 2.35. The van der Waals surface area contributed by atoms with Crippen LogP contribution in [0.25, 0.3) is 6.08 Å². The third kappa shape index (κ3) is 1.67. The van der Waals surface area contributed by atoms with Crippen LogP contribution in [0.15, 0.2) is 24.3 Å². The minimum absolute atomic E-state index is 0.0534. The number of aliphatic hydroxyl groups excluding tert-OH is 1. The Hall–Kier alpha value is -1.94. The van der Waals surface area contributed by atoms with Gasteiger partial charge in [-0.1, -0.05) is 18.2 Å². The molecular formula is C11H9NO3. The number of carbonyl (C=O) groups is 2. The topological polar surface area (TPSA) is 66.4 Å². The van der Waals surface area contributed by atoms with Crippen molar-refractivity contribution < 1.29 is 14.7 Å². The van der Waals surface area contributed by atoms with Gasteiger partial charge in [0.25, 0.3) is 11.8 Å².